The summed E-state index contributed by atoms with van der Waals surface area (Å²) in [6.07, 6.45) is 3.83. The summed E-state index contributed by atoms with van der Waals surface area (Å²) in [5, 5.41) is 10.8. The maximum absolute atomic E-state index is 13.3. The van der Waals surface area contributed by atoms with Gasteiger partial charge in [0.25, 0.3) is 0 Å². The molecule has 0 radical (unpaired) electrons. The molecule has 0 amide bonds. The molecule has 2 heteroatoms. The Morgan fingerprint density at radius 1 is 1.41 bits per heavy atom. The second-order valence-corrected chi connectivity index (χ2v) is 5.64. The van der Waals surface area contributed by atoms with Gasteiger partial charge >= 0.3 is 0 Å². The lowest BCUT2D eigenvalue weighted by Crippen LogP contribution is -2.29. The molecule has 1 aromatic rings. The molecule has 1 unspecified atom stereocenters. The summed E-state index contributed by atoms with van der Waals surface area (Å²) >= 11 is 0. The van der Waals surface area contributed by atoms with Gasteiger partial charge in [0.05, 0.1) is 5.60 Å². The lowest BCUT2D eigenvalue weighted by atomic mass is 9.83. The van der Waals surface area contributed by atoms with Gasteiger partial charge in [0.2, 0.25) is 0 Å². The number of hydrogen-bond donors (Lipinski definition) is 1. The van der Waals surface area contributed by atoms with Crippen molar-refractivity contribution in [1.82, 2.24) is 0 Å². The van der Waals surface area contributed by atoms with Crippen molar-refractivity contribution in [2.24, 2.45) is 11.8 Å². The van der Waals surface area contributed by atoms with Crippen LogP contribution >= 0.6 is 0 Å². The van der Waals surface area contributed by atoms with E-state index in [-0.39, 0.29) is 5.82 Å². The predicted molar refractivity (Wildman–Crippen MR) is 67.1 cm³/mol. The highest BCUT2D eigenvalue weighted by atomic mass is 19.1. The van der Waals surface area contributed by atoms with Crippen molar-refractivity contribution in [1.29, 1.82) is 0 Å². The summed E-state index contributed by atoms with van der Waals surface area (Å²) in [7, 11) is 0. The number of benzene rings is 1. The molecule has 0 saturated heterocycles. The predicted octanol–water partition coefficient (Wildman–Crippen LogP) is 3.86. The molecule has 0 aliphatic heterocycles. The zero-order valence-electron chi connectivity index (χ0n) is 10.6. The first-order valence-electron chi connectivity index (χ1n) is 6.51. The molecule has 0 bridgehead atoms. The first kappa shape index (κ1) is 12.6. The summed E-state index contributed by atoms with van der Waals surface area (Å²) < 4.78 is 13.3. The molecule has 0 spiro atoms. The quantitative estimate of drug-likeness (QED) is 0.823. The van der Waals surface area contributed by atoms with Crippen molar-refractivity contribution in [2.75, 3.05) is 0 Å². The Morgan fingerprint density at radius 2 is 2.12 bits per heavy atom. The smallest absolute Gasteiger partial charge is 0.123 e. The molecular weight excluding hydrogens is 215 g/mol. The summed E-state index contributed by atoms with van der Waals surface area (Å²) in [5.41, 5.74) is -0.0625. The molecule has 1 fully saturated rings. The third kappa shape index (κ3) is 2.86. The number of halogens is 1. The first-order valence-corrected chi connectivity index (χ1v) is 6.51. The Labute approximate surface area is 103 Å². The average Bonchev–Trinajstić information content (AvgIpc) is 3.10. The fourth-order valence-corrected chi connectivity index (χ4v) is 2.41. The molecule has 1 atom stereocenters. The highest BCUT2D eigenvalue weighted by Gasteiger charge is 2.44. The minimum Gasteiger partial charge on any atom is -0.385 e. The fraction of sp³-hybridized carbons (Fsp3) is 0.600. The van der Waals surface area contributed by atoms with Crippen molar-refractivity contribution < 1.29 is 9.50 Å². The topological polar surface area (TPSA) is 20.2 Å². The van der Waals surface area contributed by atoms with Crippen LogP contribution in [0.1, 0.15) is 45.1 Å². The fourth-order valence-electron chi connectivity index (χ4n) is 2.41. The SMILES string of the molecule is CC(C)CCC(O)(c1cccc(F)c1)C1CC1. The van der Waals surface area contributed by atoms with Crippen molar-refractivity contribution in [3.05, 3.63) is 35.6 Å². The Kier molecular flexibility index (Phi) is 3.53. The van der Waals surface area contributed by atoms with Gasteiger partial charge in [-0.15, -0.1) is 0 Å². The van der Waals surface area contributed by atoms with E-state index >= 15 is 0 Å². The summed E-state index contributed by atoms with van der Waals surface area (Å²) in [6.45, 7) is 4.30. The standard InChI is InChI=1S/C15H21FO/c1-11(2)8-9-15(17,12-6-7-12)13-4-3-5-14(16)10-13/h3-5,10-12,17H,6-9H2,1-2H3. The molecule has 94 valence electrons. The molecule has 1 aromatic carbocycles. The Bertz CT molecular complexity index is 384. The minimum absolute atomic E-state index is 0.258. The van der Waals surface area contributed by atoms with Crippen LogP contribution in [0.4, 0.5) is 4.39 Å². The van der Waals surface area contributed by atoms with Gasteiger partial charge in [0, 0.05) is 0 Å². The van der Waals surface area contributed by atoms with Gasteiger partial charge in [-0.1, -0.05) is 26.0 Å². The maximum Gasteiger partial charge on any atom is 0.123 e. The lowest BCUT2D eigenvalue weighted by Gasteiger charge is -2.29. The van der Waals surface area contributed by atoms with Crippen LogP contribution in [-0.4, -0.2) is 5.11 Å². The van der Waals surface area contributed by atoms with E-state index in [1.54, 1.807) is 6.07 Å². The van der Waals surface area contributed by atoms with Gasteiger partial charge in [0.1, 0.15) is 5.82 Å². The average molecular weight is 236 g/mol. The molecule has 1 aliphatic rings. The molecule has 0 aromatic heterocycles. The molecule has 1 N–H and O–H groups in total. The third-order valence-corrected chi connectivity index (χ3v) is 3.68. The van der Waals surface area contributed by atoms with Gasteiger partial charge in [-0.25, -0.2) is 4.39 Å². The summed E-state index contributed by atoms with van der Waals surface area (Å²) in [6, 6.07) is 6.45. The molecule has 1 saturated carbocycles. The summed E-state index contributed by atoms with van der Waals surface area (Å²) in [5.74, 6) is 0.628. The Hall–Kier alpha value is -0.890. The minimum atomic E-state index is -0.813. The van der Waals surface area contributed by atoms with Crippen LogP contribution < -0.4 is 0 Å². The van der Waals surface area contributed by atoms with Crippen LogP contribution in [0, 0.1) is 17.7 Å². The largest absolute Gasteiger partial charge is 0.385 e. The van der Waals surface area contributed by atoms with E-state index in [0.717, 1.165) is 31.2 Å². The molecule has 0 heterocycles. The molecule has 17 heavy (non-hydrogen) atoms. The van der Waals surface area contributed by atoms with Crippen molar-refractivity contribution >= 4 is 0 Å². The Balaban J connectivity index is 2.21. The van der Waals surface area contributed by atoms with E-state index in [1.807, 2.05) is 6.07 Å². The van der Waals surface area contributed by atoms with E-state index in [4.69, 9.17) is 0 Å². The van der Waals surface area contributed by atoms with Crippen LogP contribution in [0.3, 0.4) is 0 Å². The molecular formula is C15H21FO. The van der Waals surface area contributed by atoms with Gasteiger partial charge in [-0.2, -0.15) is 0 Å². The number of aliphatic hydroxyl groups is 1. The van der Waals surface area contributed by atoms with Gasteiger partial charge < -0.3 is 5.11 Å². The molecule has 1 aliphatic carbocycles. The molecule has 1 nitrogen and oxygen atoms in total. The van der Waals surface area contributed by atoms with Crippen LogP contribution in [0.2, 0.25) is 0 Å². The first-order chi connectivity index (χ1) is 8.02. The molecule has 2 rings (SSSR count). The van der Waals surface area contributed by atoms with E-state index in [1.165, 1.54) is 12.1 Å². The maximum atomic E-state index is 13.3. The normalized spacial score (nSPS) is 19.4. The van der Waals surface area contributed by atoms with E-state index in [2.05, 4.69) is 13.8 Å². The van der Waals surface area contributed by atoms with Crippen LogP contribution in [-0.2, 0) is 5.60 Å². The highest BCUT2D eigenvalue weighted by molar-refractivity contribution is 5.25. The number of rotatable bonds is 5. The van der Waals surface area contributed by atoms with Crippen molar-refractivity contribution in [3.8, 4) is 0 Å². The second-order valence-electron chi connectivity index (χ2n) is 5.64. The zero-order chi connectivity index (χ0) is 12.5. The monoisotopic (exact) mass is 236 g/mol. The van der Waals surface area contributed by atoms with Crippen LogP contribution in [0.5, 0.6) is 0 Å². The van der Waals surface area contributed by atoms with Crippen molar-refractivity contribution in [2.45, 2.75) is 45.1 Å². The van der Waals surface area contributed by atoms with E-state index in [9.17, 15) is 9.50 Å². The Morgan fingerprint density at radius 3 is 2.65 bits per heavy atom. The van der Waals surface area contributed by atoms with Gasteiger partial charge in [-0.05, 0) is 55.2 Å². The van der Waals surface area contributed by atoms with Gasteiger partial charge in [0.15, 0.2) is 0 Å². The summed E-state index contributed by atoms with van der Waals surface area (Å²) in [4.78, 5) is 0. The van der Waals surface area contributed by atoms with Crippen LogP contribution in [0.15, 0.2) is 24.3 Å². The third-order valence-electron chi connectivity index (χ3n) is 3.68. The van der Waals surface area contributed by atoms with Gasteiger partial charge in [-0.3, -0.25) is 0 Å². The van der Waals surface area contributed by atoms with E-state index < -0.39 is 5.60 Å². The highest BCUT2D eigenvalue weighted by Crippen LogP contribution is 2.48. The van der Waals surface area contributed by atoms with Crippen LogP contribution in [0.25, 0.3) is 0 Å². The van der Waals surface area contributed by atoms with E-state index in [0.29, 0.717) is 11.8 Å². The number of hydrogen-bond acceptors (Lipinski definition) is 1. The van der Waals surface area contributed by atoms with Crippen molar-refractivity contribution in [3.63, 3.8) is 0 Å². The second kappa shape index (κ2) is 4.77. The zero-order valence-corrected chi connectivity index (χ0v) is 10.6. The lowest BCUT2D eigenvalue weighted by molar-refractivity contribution is -0.000999.